The molecule has 2 rings (SSSR count). The molecule has 0 saturated heterocycles. The molecule has 19 heavy (non-hydrogen) atoms. The van der Waals surface area contributed by atoms with Gasteiger partial charge in [0.2, 0.25) is 11.1 Å². The Morgan fingerprint density at radius 3 is 2.84 bits per heavy atom. The minimum atomic E-state index is -0.556. The number of anilines is 1. The maximum absolute atomic E-state index is 11.0. The van der Waals surface area contributed by atoms with Gasteiger partial charge in [0.1, 0.15) is 12.0 Å². The third-order valence-corrected chi connectivity index (χ3v) is 2.44. The van der Waals surface area contributed by atoms with Gasteiger partial charge in [-0.25, -0.2) is 9.97 Å². The van der Waals surface area contributed by atoms with Gasteiger partial charge in [-0.2, -0.15) is 10.1 Å². The molecular formula is C9H10ClN7O2. The van der Waals surface area contributed by atoms with Crippen LogP contribution in [0.3, 0.4) is 0 Å². The van der Waals surface area contributed by atoms with Crippen LogP contribution in [-0.2, 0) is 13.6 Å². The van der Waals surface area contributed by atoms with Gasteiger partial charge < -0.3 is 5.32 Å². The first-order chi connectivity index (χ1) is 8.97. The fourth-order valence-corrected chi connectivity index (χ4v) is 1.71. The average Bonchev–Trinajstić information content (AvgIpc) is 2.71. The van der Waals surface area contributed by atoms with E-state index in [0.717, 1.165) is 0 Å². The molecule has 0 unspecified atom stereocenters. The van der Waals surface area contributed by atoms with Crippen LogP contribution < -0.4 is 5.32 Å². The van der Waals surface area contributed by atoms with Gasteiger partial charge in [0.15, 0.2) is 5.82 Å². The molecule has 0 fully saturated rings. The fourth-order valence-electron chi connectivity index (χ4n) is 1.50. The Balaban J connectivity index is 2.26. The van der Waals surface area contributed by atoms with E-state index in [9.17, 15) is 10.1 Å². The van der Waals surface area contributed by atoms with Gasteiger partial charge in [0.05, 0.1) is 11.5 Å². The van der Waals surface area contributed by atoms with Crippen molar-refractivity contribution in [2.75, 3.05) is 5.32 Å². The summed E-state index contributed by atoms with van der Waals surface area (Å²) in [6.07, 6.45) is 1.53. The van der Waals surface area contributed by atoms with Crippen molar-refractivity contribution in [1.82, 2.24) is 24.7 Å². The van der Waals surface area contributed by atoms with Crippen LogP contribution in [0, 0.1) is 17.0 Å². The Hall–Kier alpha value is -2.29. The Bertz CT molecular complexity index is 627. The van der Waals surface area contributed by atoms with Crippen molar-refractivity contribution in [3.05, 3.63) is 33.2 Å². The van der Waals surface area contributed by atoms with Crippen LogP contribution in [0.25, 0.3) is 0 Å². The number of nitro groups is 1. The first-order valence-electron chi connectivity index (χ1n) is 5.24. The van der Waals surface area contributed by atoms with Crippen LogP contribution >= 0.6 is 11.6 Å². The van der Waals surface area contributed by atoms with E-state index in [0.29, 0.717) is 5.82 Å². The smallest absolute Gasteiger partial charge is 0.332 e. The molecule has 0 bridgehead atoms. The summed E-state index contributed by atoms with van der Waals surface area (Å²) in [5, 5.41) is 17.8. The van der Waals surface area contributed by atoms with Gasteiger partial charge in [0.25, 0.3) is 0 Å². The minimum Gasteiger partial charge on any atom is -0.357 e. The molecule has 100 valence electrons. The maximum Gasteiger partial charge on any atom is 0.332 e. The highest BCUT2D eigenvalue weighted by molar-refractivity contribution is 6.28. The molecule has 0 atom stereocenters. The number of rotatable bonds is 4. The number of hydrogen-bond donors (Lipinski definition) is 1. The second-order valence-corrected chi connectivity index (χ2v) is 4.06. The molecule has 10 heteroatoms. The van der Waals surface area contributed by atoms with E-state index in [1.165, 1.54) is 17.9 Å². The maximum atomic E-state index is 11.0. The van der Waals surface area contributed by atoms with E-state index in [4.69, 9.17) is 11.6 Å². The lowest BCUT2D eigenvalue weighted by Gasteiger charge is -2.05. The minimum absolute atomic E-state index is 0.0509. The Morgan fingerprint density at radius 2 is 2.26 bits per heavy atom. The zero-order chi connectivity index (χ0) is 14.0. The van der Waals surface area contributed by atoms with E-state index in [1.54, 1.807) is 7.05 Å². The summed E-state index contributed by atoms with van der Waals surface area (Å²) in [7, 11) is 1.73. The molecular weight excluding hydrogens is 274 g/mol. The monoisotopic (exact) mass is 283 g/mol. The van der Waals surface area contributed by atoms with Gasteiger partial charge in [-0.3, -0.25) is 14.8 Å². The molecule has 0 radical (unpaired) electrons. The highest BCUT2D eigenvalue weighted by Crippen LogP contribution is 2.26. The molecule has 2 aromatic rings. The third kappa shape index (κ3) is 2.94. The predicted octanol–water partition coefficient (Wildman–Crippen LogP) is 1.09. The predicted molar refractivity (Wildman–Crippen MR) is 66.8 cm³/mol. The fraction of sp³-hybridized carbons (Fsp3) is 0.333. The van der Waals surface area contributed by atoms with E-state index >= 15 is 0 Å². The van der Waals surface area contributed by atoms with Crippen LogP contribution in [0.2, 0.25) is 5.28 Å². The van der Waals surface area contributed by atoms with Gasteiger partial charge >= 0.3 is 5.69 Å². The second kappa shape index (κ2) is 5.14. The van der Waals surface area contributed by atoms with Crippen LogP contribution in [0.4, 0.5) is 11.5 Å². The molecule has 0 aliphatic heterocycles. The summed E-state index contributed by atoms with van der Waals surface area (Å²) < 4.78 is 1.53. The molecule has 0 saturated carbocycles. The quantitative estimate of drug-likeness (QED) is 0.507. The number of aryl methyl sites for hydroxylation is 2. The lowest BCUT2D eigenvalue weighted by atomic mass is 10.3. The molecule has 0 aromatic carbocycles. The SMILES string of the molecule is Cc1nc(Cl)nc(NCc2ncn(C)n2)c1[N+](=O)[O-]. The Morgan fingerprint density at radius 1 is 1.53 bits per heavy atom. The van der Waals surface area contributed by atoms with Gasteiger partial charge in [-0.1, -0.05) is 0 Å². The van der Waals surface area contributed by atoms with Crippen molar-refractivity contribution >= 4 is 23.1 Å². The number of halogens is 1. The number of nitrogens with one attached hydrogen (secondary N) is 1. The number of hydrogen-bond acceptors (Lipinski definition) is 7. The van der Waals surface area contributed by atoms with Crippen molar-refractivity contribution in [3.8, 4) is 0 Å². The van der Waals surface area contributed by atoms with Crippen molar-refractivity contribution in [1.29, 1.82) is 0 Å². The van der Waals surface area contributed by atoms with Gasteiger partial charge in [-0.15, -0.1) is 0 Å². The lowest BCUT2D eigenvalue weighted by molar-refractivity contribution is -0.385. The van der Waals surface area contributed by atoms with E-state index in [1.807, 2.05) is 0 Å². The summed E-state index contributed by atoms with van der Waals surface area (Å²) in [6.45, 7) is 1.70. The molecule has 0 aliphatic rings. The van der Waals surface area contributed by atoms with Crippen LogP contribution in [-0.4, -0.2) is 29.7 Å². The molecule has 0 aliphatic carbocycles. The molecule has 0 spiro atoms. The Labute approximate surface area is 112 Å². The van der Waals surface area contributed by atoms with E-state index in [-0.39, 0.29) is 29.0 Å². The van der Waals surface area contributed by atoms with E-state index in [2.05, 4.69) is 25.4 Å². The normalized spacial score (nSPS) is 10.5. The molecule has 1 N–H and O–H groups in total. The summed E-state index contributed by atoms with van der Waals surface area (Å²) >= 11 is 5.69. The first-order valence-corrected chi connectivity index (χ1v) is 5.62. The van der Waals surface area contributed by atoms with Crippen molar-refractivity contribution < 1.29 is 4.92 Å². The van der Waals surface area contributed by atoms with Crippen molar-refractivity contribution in [3.63, 3.8) is 0 Å². The van der Waals surface area contributed by atoms with Crippen molar-refractivity contribution in [2.24, 2.45) is 7.05 Å². The second-order valence-electron chi connectivity index (χ2n) is 3.72. The average molecular weight is 284 g/mol. The van der Waals surface area contributed by atoms with Crippen molar-refractivity contribution in [2.45, 2.75) is 13.5 Å². The highest BCUT2D eigenvalue weighted by atomic mass is 35.5. The zero-order valence-corrected chi connectivity index (χ0v) is 10.9. The first kappa shape index (κ1) is 13.1. The Kier molecular flexibility index (Phi) is 3.56. The van der Waals surface area contributed by atoms with Crippen LogP contribution in [0.15, 0.2) is 6.33 Å². The largest absolute Gasteiger partial charge is 0.357 e. The number of aromatic nitrogens is 5. The number of nitrogens with zero attached hydrogens (tertiary/aromatic N) is 6. The van der Waals surface area contributed by atoms with Gasteiger partial charge in [-0.05, 0) is 18.5 Å². The summed E-state index contributed by atoms with van der Waals surface area (Å²) in [5.74, 6) is 0.541. The van der Waals surface area contributed by atoms with Gasteiger partial charge in [0, 0.05) is 7.05 Å². The molecule has 9 nitrogen and oxygen atoms in total. The molecule has 2 aromatic heterocycles. The highest BCUT2D eigenvalue weighted by Gasteiger charge is 2.21. The zero-order valence-electron chi connectivity index (χ0n) is 10.2. The van der Waals surface area contributed by atoms with Crippen LogP contribution in [0.5, 0.6) is 0 Å². The standard InChI is InChI=1S/C9H10ClN7O2/c1-5-7(17(18)19)8(14-9(10)13-5)11-3-6-12-4-16(2)15-6/h4H,3H2,1-2H3,(H,11,13,14). The third-order valence-electron chi connectivity index (χ3n) is 2.27. The summed E-state index contributed by atoms with van der Waals surface area (Å²) in [4.78, 5) is 22.0. The van der Waals surface area contributed by atoms with E-state index < -0.39 is 4.92 Å². The molecule has 0 amide bonds. The summed E-state index contributed by atoms with van der Waals surface area (Å²) in [6, 6.07) is 0. The summed E-state index contributed by atoms with van der Waals surface area (Å²) in [5.41, 5.74) is -0.0122. The topological polar surface area (TPSA) is 112 Å². The lowest BCUT2D eigenvalue weighted by Crippen LogP contribution is -2.08. The molecule has 2 heterocycles. The van der Waals surface area contributed by atoms with Crippen LogP contribution in [0.1, 0.15) is 11.5 Å².